The van der Waals surface area contributed by atoms with Crippen LogP contribution < -0.4 is 22.3 Å². The van der Waals surface area contributed by atoms with E-state index in [9.17, 15) is 14.7 Å². The molecule has 0 fully saturated rings. The third-order valence-electron chi connectivity index (χ3n) is 5.72. The van der Waals surface area contributed by atoms with Crippen molar-refractivity contribution in [1.82, 2.24) is 5.43 Å². The molecule has 0 spiro atoms. The lowest BCUT2D eigenvalue weighted by Gasteiger charge is -2.18. The van der Waals surface area contributed by atoms with Gasteiger partial charge in [0.2, 0.25) is 5.91 Å². The summed E-state index contributed by atoms with van der Waals surface area (Å²) in [5.74, 6) is -2.29. The number of primary amides is 1. The highest BCUT2D eigenvalue weighted by Crippen LogP contribution is 2.34. The molecule has 3 rings (SSSR count). The summed E-state index contributed by atoms with van der Waals surface area (Å²) < 4.78 is 0. The van der Waals surface area contributed by atoms with Crippen LogP contribution in [0.25, 0.3) is 5.70 Å². The molecule has 1 aliphatic heterocycles. The maximum atomic E-state index is 11.8. The molecular weight excluding hydrogens is 430 g/mol. The molecule has 8 nitrogen and oxygen atoms in total. The minimum atomic E-state index is -1.02. The summed E-state index contributed by atoms with van der Waals surface area (Å²) in [4.78, 5) is 27.9. The van der Waals surface area contributed by atoms with Crippen molar-refractivity contribution < 1.29 is 14.7 Å². The van der Waals surface area contributed by atoms with Gasteiger partial charge >= 0.3 is 5.97 Å². The zero-order valence-corrected chi connectivity index (χ0v) is 20.5. The number of carbonyl (C=O) groups is 2. The normalized spacial score (nSPS) is 14.2. The van der Waals surface area contributed by atoms with Crippen molar-refractivity contribution in [2.75, 3.05) is 5.43 Å². The van der Waals surface area contributed by atoms with Crippen LogP contribution in [-0.4, -0.2) is 22.7 Å². The number of fused-ring (bicyclic) bond motifs is 1. The van der Waals surface area contributed by atoms with E-state index in [0.717, 1.165) is 22.4 Å². The second kappa shape index (κ2) is 12.0. The second-order valence-electron chi connectivity index (χ2n) is 8.27. The SMILES string of the molecule is CC(=N/C(=C(/N)C(C)C(N)=O)c1c(C)ccc2c1CNN2)c1cccc(C(=O)O)c1.CCCC. The number of amides is 1. The smallest absolute Gasteiger partial charge is 0.335 e. The number of aromatic carboxylic acids is 1. The average molecular weight is 466 g/mol. The molecule has 1 heterocycles. The Kier molecular flexibility index (Phi) is 9.38. The summed E-state index contributed by atoms with van der Waals surface area (Å²) in [6, 6.07) is 10.4. The zero-order chi connectivity index (χ0) is 25.4. The van der Waals surface area contributed by atoms with Crippen molar-refractivity contribution in [3.8, 4) is 0 Å². The van der Waals surface area contributed by atoms with Crippen LogP contribution in [0.15, 0.2) is 47.1 Å². The lowest BCUT2D eigenvalue weighted by Crippen LogP contribution is -2.27. The molecule has 34 heavy (non-hydrogen) atoms. The number of nitrogens with one attached hydrogen (secondary N) is 2. The molecule has 7 N–H and O–H groups in total. The largest absolute Gasteiger partial charge is 0.478 e. The number of hydrazine groups is 1. The molecular formula is C26H35N5O3. The molecule has 0 saturated heterocycles. The van der Waals surface area contributed by atoms with Gasteiger partial charge in [0.25, 0.3) is 0 Å². The molecule has 182 valence electrons. The molecule has 1 unspecified atom stereocenters. The first-order valence-electron chi connectivity index (χ1n) is 11.4. The fourth-order valence-corrected chi connectivity index (χ4v) is 3.36. The Hall–Kier alpha value is -3.65. The molecule has 1 aliphatic rings. The molecule has 0 aromatic heterocycles. The van der Waals surface area contributed by atoms with E-state index >= 15 is 0 Å². The molecule has 0 saturated carbocycles. The van der Waals surface area contributed by atoms with Gasteiger partial charge in [-0.3, -0.25) is 9.79 Å². The van der Waals surface area contributed by atoms with Gasteiger partial charge in [-0.15, -0.1) is 0 Å². The van der Waals surface area contributed by atoms with Crippen LogP contribution in [-0.2, 0) is 11.3 Å². The van der Waals surface area contributed by atoms with Crippen LogP contribution in [0.1, 0.15) is 73.1 Å². The Bertz CT molecular complexity index is 1120. The molecule has 8 heteroatoms. The summed E-state index contributed by atoms with van der Waals surface area (Å²) in [6.07, 6.45) is 2.64. The van der Waals surface area contributed by atoms with Crippen LogP contribution in [0.4, 0.5) is 5.69 Å². The summed E-state index contributed by atoms with van der Waals surface area (Å²) in [6.45, 7) is 10.3. The third-order valence-corrected chi connectivity index (χ3v) is 5.72. The van der Waals surface area contributed by atoms with Crippen molar-refractivity contribution in [2.24, 2.45) is 22.4 Å². The highest BCUT2D eigenvalue weighted by atomic mass is 16.4. The highest BCUT2D eigenvalue weighted by molar-refractivity contribution is 6.04. The van der Waals surface area contributed by atoms with Gasteiger partial charge in [0.05, 0.1) is 22.9 Å². The van der Waals surface area contributed by atoms with Gasteiger partial charge in [0, 0.05) is 29.1 Å². The number of benzene rings is 2. The fraction of sp³-hybridized carbons (Fsp3) is 0.346. The number of hydrogen-bond acceptors (Lipinski definition) is 6. The predicted octanol–water partition coefficient (Wildman–Crippen LogP) is 4.19. The van der Waals surface area contributed by atoms with Crippen molar-refractivity contribution >= 4 is 29.0 Å². The van der Waals surface area contributed by atoms with Crippen LogP contribution in [0, 0.1) is 12.8 Å². The predicted molar refractivity (Wildman–Crippen MR) is 137 cm³/mol. The molecule has 0 radical (unpaired) electrons. The van der Waals surface area contributed by atoms with E-state index in [1.807, 2.05) is 19.1 Å². The highest BCUT2D eigenvalue weighted by Gasteiger charge is 2.24. The van der Waals surface area contributed by atoms with Gasteiger partial charge in [-0.2, -0.15) is 0 Å². The maximum absolute atomic E-state index is 11.8. The number of nitrogens with zero attached hydrogens (tertiary/aromatic N) is 1. The first-order chi connectivity index (χ1) is 16.1. The number of nitrogens with two attached hydrogens (primary N) is 2. The van der Waals surface area contributed by atoms with Crippen molar-refractivity contribution in [3.05, 3.63) is 69.9 Å². The zero-order valence-electron chi connectivity index (χ0n) is 20.5. The van der Waals surface area contributed by atoms with Gasteiger partial charge in [-0.1, -0.05) is 44.9 Å². The number of anilines is 1. The van der Waals surface area contributed by atoms with E-state index < -0.39 is 17.8 Å². The van der Waals surface area contributed by atoms with Gasteiger partial charge in [-0.25, -0.2) is 10.2 Å². The van der Waals surface area contributed by atoms with Crippen LogP contribution in [0.2, 0.25) is 0 Å². The second-order valence-corrected chi connectivity index (χ2v) is 8.27. The lowest BCUT2D eigenvalue weighted by molar-refractivity contribution is -0.120. The summed E-state index contributed by atoms with van der Waals surface area (Å²) in [5.41, 5.74) is 23.9. The number of rotatable bonds is 7. The number of carbonyl (C=O) groups excluding carboxylic acids is 1. The minimum absolute atomic E-state index is 0.163. The lowest BCUT2D eigenvalue weighted by atomic mass is 9.93. The number of aryl methyl sites for hydroxylation is 1. The standard InChI is InChI=1S/C22H25N5O3.C4H10/c1-11-7-8-17-16(10-25-27-17)18(11)20(19(23)12(2)21(24)28)26-13(3)14-5-4-6-15(9-14)22(29)30;1-3-4-2/h4-9,12,25,27H,10,23H2,1-3H3,(H2,24,28)(H,29,30);3-4H2,1-2H3/b20-19+,26-13?;. The van der Waals surface area contributed by atoms with E-state index in [0.29, 0.717) is 23.5 Å². The van der Waals surface area contributed by atoms with E-state index in [2.05, 4.69) is 24.7 Å². The monoisotopic (exact) mass is 465 g/mol. The number of aliphatic imine (C=N–C) groups is 1. The van der Waals surface area contributed by atoms with Crippen LogP contribution in [0.5, 0.6) is 0 Å². The van der Waals surface area contributed by atoms with E-state index in [1.165, 1.54) is 18.9 Å². The van der Waals surface area contributed by atoms with E-state index in [4.69, 9.17) is 16.5 Å². The third kappa shape index (κ3) is 6.23. The summed E-state index contributed by atoms with van der Waals surface area (Å²) >= 11 is 0. The van der Waals surface area contributed by atoms with Gasteiger partial charge in [-0.05, 0) is 50.1 Å². The van der Waals surface area contributed by atoms with Crippen molar-refractivity contribution in [1.29, 1.82) is 0 Å². The Morgan fingerprint density at radius 2 is 1.76 bits per heavy atom. The summed E-state index contributed by atoms with van der Waals surface area (Å²) in [7, 11) is 0. The summed E-state index contributed by atoms with van der Waals surface area (Å²) in [5, 5.41) is 9.28. The minimum Gasteiger partial charge on any atom is -0.478 e. The topological polar surface area (TPSA) is 143 Å². The van der Waals surface area contributed by atoms with Crippen molar-refractivity contribution in [2.45, 2.75) is 54.0 Å². The average Bonchev–Trinajstić information content (AvgIpc) is 3.30. The molecule has 2 aromatic rings. The Labute approximate surface area is 201 Å². The van der Waals surface area contributed by atoms with Gasteiger partial charge in [0.15, 0.2) is 0 Å². The molecule has 2 aromatic carbocycles. The number of carboxylic acids is 1. The molecule has 1 atom stereocenters. The Balaban J connectivity index is 0.000000945. The number of unbranched alkanes of at least 4 members (excludes halogenated alkanes) is 1. The fourth-order valence-electron chi connectivity index (χ4n) is 3.36. The van der Waals surface area contributed by atoms with Crippen molar-refractivity contribution in [3.63, 3.8) is 0 Å². The first-order valence-corrected chi connectivity index (χ1v) is 11.4. The first kappa shape index (κ1) is 26.6. The van der Waals surface area contributed by atoms with Crippen LogP contribution in [0.3, 0.4) is 0 Å². The van der Waals surface area contributed by atoms with E-state index in [1.54, 1.807) is 32.0 Å². The van der Waals surface area contributed by atoms with Gasteiger partial charge < -0.3 is 22.0 Å². The number of hydrogen-bond donors (Lipinski definition) is 5. The maximum Gasteiger partial charge on any atom is 0.335 e. The Morgan fingerprint density at radius 1 is 1.12 bits per heavy atom. The molecule has 1 amide bonds. The van der Waals surface area contributed by atoms with Gasteiger partial charge in [0.1, 0.15) is 0 Å². The van der Waals surface area contributed by atoms with E-state index in [-0.39, 0.29) is 11.3 Å². The molecule has 0 bridgehead atoms. The Morgan fingerprint density at radius 3 is 2.35 bits per heavy atom. The van der Waals surface area contributed by atoms with Crippen LogP contribution >= 0.6 is 0 Å². The quantitative estimate of drug-likeness (QED) is 0.388. The number of carboxylic acid groups (broad SMARTS) is 1. The molecule has 0 aliphatic carbocycles.